The molecule has 3 aromatic rings. The van der Waals surface area contributed by atoms with Crippen molar-refractivity contribution in [2.45, 2.75) is 38.4 Å². The van der Waals surface area contributed by atoms with E-state index >= 15 is 0 Å². The van der Waals surface area contributed by atoms with Crippen LogP contribution in [-0.2, 0) is 19.8 Å². The highest BCUT2D eigenvalue weighted by Gasteiger charge is 2.31. The molecule has 1 fully saturated rings. The number of rotatable bonds is 4. The molecule has 0 saturated carbocycles. The van der Waals surface area contributed by atoms with E-state index in [9.17, 15) is 13.2 Å². The number of halogens is 3. The van der Waals surface area contributed by atoms with Crippen LogP contribution in [0.15, 0.2) is 36.7 Å². The zero-order chi connectivity index (χ0) is 20.6. The number of piperidine rings is 1. The monoisotopic (exact) mass is 403 g/mol. The average Bonchev–Trinajstić information content (AvgIpc) is 3.30. The Bertz CT molecular complexity index is 988. The predicted octanol–water partition coefficient (Wildman–Crippen LogP) is 4.52. The molecule has 1 aliphatic rings. The van der Waals surface area contributed by atoms with Crippen LogP contribution in [0, 0.1) is 6.92 Å². The van der Waals surface area contributed by atoms with Crippen molar-refractivity contribution in [3.05, 3.63) is 59.2 Å². The average molecular weight is 403 g/mol. The standard InChI is InChI=1S/C21H24F3N5/c1-14-17(10-26-28(14)2)13-29-8-4-6-16(12-29)20-19(11-25-27-20)15-5-3-7-18(9-15)21(22,23)24/h3,5,7,9-11,16H,4,6,8,12-13H2,1-2H3,(H,25,27). The lowest BCUT2D eigenvalue weighted by atomic mass is 9.90. The second kappa shape index (κ2) is 7.67. The molecule has 5 nitrogen and oxygen atoms in total. The highest BCUT2D eigenvalue weighted by atomic mass is 19.4. The van der Waals surface area contributed by atoms with Gasteiger partial charge in [-0.3, -0.25) is 14.7 Å². The van der Waals surface area contributed by atoms with E-state index < -0.39 is 11.7 Å². The molecule has 0 spiro atoms. The number of benzene rings is 1. The third kappa shape index (κ3) is 4.07. The van der Waals surface area contributed by atoms with Crippen LogP contribution in [-0.4, -0.2) is 38.0 Å². The van der Waals surface area contributed by atoms with E-state index in [-0.39, 0.29) is 5.92 Å². The van der Waals surface area contributed by atoms with E-state index in [4.69, 9.17) is 0 Å². The van der Waals surface area contributed by atoms with Crippen LogP contribution >= 0.6 is 0 Å². The Kier molecular flexibility index (Phi) is 5.21. The highest BCUT2D eigenvalue weighted by Crippen LogP contribution is 2.36. The van der Waals surface area contributed by atoms with E-state index in [0.717, 1.165) is 55.5 Å². The normalized spacial score (nSPS) is 18.3. The molecule has 0 radical (unpaired) electrons. The van der Waals surface area contributed by atoms with Gasteiger partial charge in [0, 0.05) is 48.6 Å². The van der Waals surface area contributed by atoms with Crippen LogP contribution in [0.4, 0.5) is 13.2 Å². The van der Waals surface area contributed by atoms with Gasteiger partial charge in [0.05, 0.1) is 18.0 Å². The molecule has 3 heterocycles. The predicted molar refractivity (Wildman–Crippen MR) is 104 cm³/mol. The van der Waals surface area contributed by atoms with E-state index in [1.54, 1.807) is 12.3 Å². The van der Waals surface area contributed by atoms with E-state index in [0.29, 0.717) is 5.56 Å². The number of aromatic nitrogens is 4. The molecular formula is C21H24F3N5. The number of hydrogen-bond acceptors (Lipinski definition) is 3. The van der Waals surface area contributed by atoms with E-state index in [2.05, 4.69) is 27.1 Å². The first-order chi connectivity index (χ1) is 13.8. The summed E-state index contributed by atoms with van der Waals surface area (Å²) in [5.74, 6) is 0.202. The summed E-state index contributed by atoms with van der Waals surface area (Å²) in [4.78, 5) is 2.38. The number of nitrogens with zero attached hydrogens (tertiary/aromatic N) is 4. The maximum atomic E-state index is 13.1. The number of nitrogens with one attached hydrogen (secondary N) is 1. The van der Waals surface area contributed by atoms with Gasteiger partial charge in [0.25, 0.3) is 0 Å². The lowest BCUT2D eigenvalue weighted by molar-refractivity contribution is -0.137. The third-order valence-corrected chi connectivity index (χ3v) is 5.81. The van der Waals surface area contributed by atoms with Gasteiger partial charge in [-0.25, -0.2) is 0 Å². The zero-order valence-corrected chi connectivity index (χ0v) is 16.5. The molecule has 1 saturated heterocycles. The molecule has 0 aliphatic carbocycles. The summed E-state index contributed by atoms with van der Waals surface area (Å²) in [7, 11) is 1.93. The van der Waals surface area contributed by atoms with Crippen LogP contribution in [0.25, 0.3) is 11.1 Å². The molecule has 1 unspecified atom stereocenters. The minimum absolute atomic E-state index is 0.202. The summed E-state index contributed by atoms with van der Waals surface area (Å²) in [6, 6.07) is 5.46. The van der Waals surface area contributed by atoms with Gasteiger partial charge in [-0.1, -0.05) is 12.1 Å². The van der Waals surface area contributed by atoms with Crippen LogP contribution < -0.4 is 0 Å². The highest BCUT2D eigenvalue weighted by molar-refractivity contribution is 5.66. The number of aryl methyl sites for hydroxylation is 1. The van der Waals surface area contributed by atoms with Crippen LogP contribution in [0.3, 0.4) is 0 Å². The summed E-state index contributed by atoms with van der Waals surface area (Å²) >= 11 is 0. The van der Waals surface area contributed by atoms with Crippen molar-refractivity contribution >= 4 is 0 Å². The molecular weight excluding hydrogens is 379 g/mol. The molecule has 0 bridgehead atoms. The number of alkyl halides is 3. The van der Waals surface area contributed by atoms with Gasteiger partial charge in [0.15, 0.2) is 0 Å². The summed E-state index contributed by atoms with van der Waals surface area (Å²) < 4.78 is 41.2. The first-order valence-electron chi connectivity index (χ1n) is 9.73. The molecule has 1 aromatic carbocycles. The maximum absolute atomic E-state index is 13.1. The molecule has 4 rings (SSSR count). The Morgan fingerprint density at radius 3 is 2.79 bits per heavy atom. The fraction of sp³-hybridized carbons (Fsp3) is 0.429. The lowest BCUT2D eigenvalue weighted by Crippen LogP contribution is -2.34. The van der Waals surface area contributed by atoms with Crippen molar-refractivity contribution in [1.29, 1.82) is 0 Å². The zero-order valence-electron chi connectivity index (χ0n) is 16.5. The van der Waals surface area contributed by atoms with Crippen molar-refractivity contribution in [2.75, 3.05) is 13.1 Å². The molecule has 29 heavy (non-hydrogen) atoms. The topological polar surface area (TPSA) is 49.7 Å². The van der Waals surface area contributed by atoms with Gasteiger partial charge in [-0.05, 0) is 44.0 Å². The summed E-state index contributed by atoms with van der Waals surface area (Å²) in [6.45, 7) is 4.72. The number of likely N-dealkylation sites (tertiary alicyclic amines) is 1. The van der Waals surface area contributed by atoms with Crippen molar-refractivity contribution in [1.82, 2.24) is 24.9 Å². The fourth-order valence-corrected chi connectivity index (χ4v) is 4.08. The van der Waals surface area contributed by atoms with E-state index in [1.807, 2.05) is 17.9 Å². The maximum Gasteiger partial charge on any atom is 0.416 e. The third-order valence-electron chi connectivity index (χ3n) is 5.81. The van der Waals surface area contributed by atoms with Gasteiger partial charge < -0.3 is 0 Å². The van der Waals surface area contributed by atoms with Crippen LogP contribution in [0.2, 0.25) is 0 Å². The Labute approximate surface area is 167 Å². The van der Waals surface area contributed by atoms with Crippen molar-refractivity contribution in [2.24, 2.45) is 7.05 Å². The quantitative estimate of drug-likeness (QED) is 0.697. The Morgan fingerprint density at radius 1 is 1.24 bits per heavy atom. The van der Waals surface area contributed by atoms with E-state index in [1.165, 1.54) is 17.7 Å². The summed E-state index contributed by atoms with van der Waals surface area (Å²) in [6.07, 6.45) is 1.20. The Balaban J connectivity index is 1.55. The second-order valence-electron chi connectivity index (χ2n) is 7.73. The van der Waals surface area contributed by atoms with Gasteiger partial charge in [0.1, 0.15) is 0 Å². The largest absolute Gasteiger partial charge is 0.416 e. The van der Waals surface area contributed by atoms with Gasteiger partial charge in [-0.15, -0.1) is 0 Å². The lowest BCUT2D eigenvalue weighted by Gasteiger charge is -2.32. The molecule has 0 amide bonds. The Hall–Kier alpha value is -2.61. The molecule has 2 aromatic heterocycles. The Morgan fingerprint density at radius 2 is 2.07 bits per heavy atom. The second-order valence-corrected chi connectivity index (χ2v) is 7.73. The minimum Gasteiger partial charge on any atom is -0.298 e. The molecule has 1 atom stereocenters. The van der Waals surface area contributed by atoms with Crippen LogP contribution in [0.1, 0.15) is 41.3 Å². The first kappa shape index (κ1) is 19.7. The van der Waals surface area contributed by atoms with Gasteiger partial charge in [0.2, 0.25) is 0 Å². The fourth-order valence-electron chi connectivity index (χ4n) is 4.08. The number of aromatic amines is 1. The van der Waals surface area contributed by atoms with Crippen molar-refractivity contribution < 1.29 is 13.2 Å². The van der Waals surface area contributed by atoms with Crippen LogP contribution in [0.5, 0.6) is 0 Å². The summed E-state index contributed by atoms with van der Waals surface area (Å²) in [5.41, 5.74) is 3.93. The minimum atomic E-state index is -4.36. The molecule has 1 aliphatic heterocycles. The van der Waals surface area contributed by atoms with Gasteiger partial charge in [-0.2, -0.15) is 23.4 Å². The SMILES string of the molecule is Cc1c(CN2CCCC(c3[nH]ncc3-c3cccc(C(F)(F)F)c3)C2)cnn1C. The molecule has 154 valence electrons. The number of hydrogen-bond donors (Lipinski definition) is 1. The summed E-state index contributed by atoms with van der Waals surface area (Å²) in [5, 5.41) is 11.5. The number of H-pyrrole nitrogens is 1. The smallest absolute Gasteiger partial charge is 0.298 e. The van der Waals surface area contributed by atoms with Crippen molar-refractivity contribution in [3.63, 3.8) is 0 Å². The van der Waals surface area contributed by atoms with Crippen molar-refractivity contribution in [3.8, 4) is 11.1 Å². The molecule has 1 N–H and O–H groups in total. The first-order valence-corrected chi connectivity index (χ1v) is 9.73. The van der Waals surface area contributed by atoms with Gasteiger partial charge >= 0.3 is 6.18 Å². The molecule has 8 heteroatoms.